The predicted octanol–water partition coefficient (Wildman–Crippen LogP) is 1.91. The number of sulfone groups is 1. The molecule has 0 unspecified atom stereocenters. The molecule has 2 aromatic carbocycles. The number of hydrogen-bond donors (Lipinski definition) is 2. The Labute approximate surface area is 155 Å². The predicted molar refractivity (Wildman–Crippen MR) is 97.8 cm³/mol. The molecule has 144 valence electrons. The largest absolute Gasteiger partial charge is 0.378 e. The van der Waals surface area contributed by atoms with Crippen LogP contribution in [0.1, 0.15) is 5.56 Å². The van der Waals surface area contributed by atoms with Crippen molar-refractivity contribution in [3.05, 3.63) is 64.0 Å². The molecule has 27 heavy (non-hydrogen) atoms. The second-order valence-electron chi connectivity index (χ2n) is 5.75. The van der Waals surface area contributed by atoms with E-state index in [4.69, 9.17) is 0 Å². The molecule has 10 heteroatoms. The zero-order chi connectivity index (χ0) is 20.0. The van der Waals surface area contributed by atoms with Gasteiger partial charge >= 0.3 is 0 Å². The monoisotopic (exact) mass is 395 g/mol. The molecule has 0 spiro atoms. The summed E-state index contributed by atoms with van der Waals surface area (Å²) >= 11 is 0. The Kier molecular flexibility index (Phi) is 6.45. The minimum absolute atomic E-state index is 0.115. The van der Waals surface area contributed by atoms with Crippen LogP contribution >= 0.6 is 0 Å². The number of hydrogen-bond acceptors (Lipinski definition) is 6. The average molecular weight is 395 g/mol. The van der Waals surface area contributed by atoms with Gasteiger partial charge in [-0.1, -0.05) is 18.2 Å². The highest BCUT2D eigenvalue weighted by molar-refractivity contribution is 7.90. The average Bonchev–Trinajstić information content (AvgIpc) is 2.59. The number of benzene rings is 2. The molecule has 0 aliphatic rings. The Bertz CT molecular complexity index is 963. The van der Waals surface area contributed by atoms with Crippen LogP contribution in [-0.4, -0.2) is 38.6 Å². The normalized spacial score (nSPS) is 11.0. The van der Waals surface area contributed by atoms with Gasteiger partial charge in [0.25, 0.3) is 5.69 Å². The van der Waals surface area contributed by atoms with Crippen molar-refractivity contribution in [1.29, 1.82) is 0 Å². The van der Waals surface area contributed by atoms with Crippen LogP contribution in [0.5, 0.6) is 0 Å². The van der Waals surface area contributed by atoms with Crippen LogP contribution in [0.15, 0.2) is 47.4 Å². The van der Waals surface area contributed by atoms with Crippen molar-refractivity contribution in [2.75, 3.05) is 24.7 Å². The summed E-state index contributed by atoms with van der Waals surface area (Å²) in [5.74, 6) is -0.851. The van der Waals surface area contributed by atoms with Crippen molar-refractivity contribution in [3.8, 4) is 0 Å². The van der Waals surface area contributed by atoms with Crippen molar-refractivity contribution in [2.24, 2.45) is 0 Å². The highest BCUT2D eigenvalue weighted by atomic mass is 32.2. The van der Waals surface area contributed by atoms with Crippen LogP contribution in [0.4, 0.5) is 15.8 Å². The molecule has 2 aromatic rings. The molecule has 0 aromatic heterocycles. The van der Waals surface area contributed by atoms with Gasteiger partial charge in [-0.2, -0.15) is 0 Å². The maximum atomic E-state index is 13.5. The molecule has 0 fully saturated rings. The van der Waals surface area contributed by atoms with Gasteiger partial charge in [-0.3, -0.25) is 14.9 Å². The van der Waals surface area contributed by atoms with E-state index in [1.54, 1.807) is 6.07 Å². The van der Waals surface area contributed by atoms with Crippen LogP contribution < -0.4 is 10.6 Å². The second-order valence-corrected chi connectivity index (χ2v) is 7.77. The van der Waals surface area contributed by atoms with Crippen molar-refractivity contribution < 1.29 is 22.5 Å². The van der Waals surface area contributed by atoms with E-state index in [1.165, 1.54) is 30.3 Å². The van der Waals surface area contributed by atoms with Crippen LogP contribution in [0.25, 0.3) is 0 Å². The summed E-state index contributed by atoms with van der Waals surface area (Å²) in [5.41, 5.74) is 0.0290. The maximum Gasteiger partial charge on any atom is 0.293 e. The fourth-order valence-corrected chi connectivity index (χ4v) is 2.96. The molecule has 1 amide bonds. The quantitative estimate of drug-likeness (QED) is 0.400. The molecule has 0 aliphatic heterocycles. The summed E-state index contributed by atoms with van der Waals surface area (Å²) in [4.78, 5) is 22.1. The summed E-state index contributed by atoms with van der Waals surface area (Å²) in [6, 6.07) is 9.49. The Morgan fingerprint density at radius 2 is 1.89 bits per heavy atom. The standard InChI is InChI=1S/C17H18FN3O5S/c1-27(25,26)13-6-7-15(16(11-13)21(23)24)19-8-9-20-17(22)10-12-4-2-3-5-14(12)18/h2-7,11,19H,8-10H2,1H3,(H,20,22). The lowest BCUT2D eigenvalue weighted by Gasteiger charge is -2.10. The van der Waals surface area contributed by atoms with Crippen LogP contribution in [0.3, 0.4) is 0 Å². The van der Waals surface area contributed by atoms with Crippen molar-refractivity contribution >= 4 is 27.1 Å². The van der Waals surface area contributed by atoms with Crippen molar-refractivity contribution in [1.82, 2.24) is 5.32 Å². The van der Waals surface area contributed by atoms with E-state index in [0.717, 1.165) is 12.3 Å². The number of halogens is 1. The minimum Gasteiger partial charge on any atom is -0.378 e. The number of nitro groups is 1. The first kappa shape index (κ1) is 20.3. The molecule has 0 bridgehead atoms. The molecule has 2 N–H and O–H groups in total. The van der Waals surface area contributed by atoms with Gasteiger partial charge in [-0.05, 0) is 23.8 Å². The lowest BCUT2D eigenvalue weighted by atomic mass is 10.1. The van der Waals surface area contributed by atoms with Crippen molar-refractivity contribution in [3.63, 3.8) is 0 Å². The number of carbonyl (C=O) groups is 1. The molecule has 2 rings (SSSR count). The third-order valence-electron chi connectivity index (χ3n) is 3.67. The lowest BCUT2D eigenvalue weighted by Crippen LogP contribution is -2.30. The maximum absolute atomic E-state index is 13.5. The van der Waals surface area contributed by atoms with E-state index in [0.29, 0.717) is 0 Å². The zero-order valence-electron chi connectivity index (χ0n) is 14.4. The van der Waals surface area contributed by atoms with E-state index in [9.17, 15) is 27.7 Å². The first-order valence-electron chi connectivity index (χ1n) is 7.91. The Morgan fingerprint density at radius 1 is 1.19 bits per heavy atom. The molecule has 8 nitrogen and oxygen atoms in total. The molecule has 0 atom stereocenters. The molecule has 0 saturated heterocycles. The van der Waals surface area contributed by atoms with Gasteiger partial charge in [0.15, 0.2) is 9.84 Å². The van der Waals surface area contributed by atoms with Gasteiger partial charge in [0.05, 0.1) is 16.2 Å². The van der Waals surface area contributed by atoms with E-state index >= 15 is 0 Å². The molecular formula is C17H18FN3O5S. The van der Waals surface area contributed by atoms with Gasteiger partial charge in [0.1, 0.15) is 11.5 Å². The number of rotatable bonds is 8. The smallest absolute Gasteiger partial charge is 0.293 e. The summed E-state index contributed by atoms with van der Waals surface area (Å²) in [7, 11) is -3.57. The van der Waals surface area contributed by atoms with Crippen LogP contribution in [-0.2, 0) is 21.1 Å². The highest BCUT2D eigenvalue weighted by Gasteiger charge is 2.18. The number of anilines is 1. The molecule has 0 heterocycles. The summed E-state index contributed by atoms with van der Waals surface area (Å²) < 4.78 is 36.5. The number of nitro benzene ring substituents is 1. The number of nitrogens with one attached hydrogen (secondary N) is 2. The van der Waals surface area contributed by atoms with E-state index in [1.807, 2.05) is 0 Å². The van der Waals surface area contributed by atoms with Gasteiger partial charge in [0, 0.05) is 25.4 Å². The van der Waals surface area contributed by atoms with Crippen molar-refractivity contribution in [2.45, 2.75) is 11.3 Å². The Hall–Kier alpha value is -3.01. The third kappa shape index (κ3) is 5.74. The Balaban J connectivity index is 1.92. The third-order valence-corrected chi connectivity index (χ3v) is 4.78. The molecular weight excluding hydrogens is 377 g/mol. The topological polar surface area (TPSA) is 118 Å². The number of amides is 1. The van der Waals surface area contributed by atoms with E-state index < -0.39 is 20.6 Å². The second kappa shape index (κ2) is 8.58. The van der Waals surface area contributed by atoms with Crippen LogP contribution in [0.2, 0.25) is 0 Å². The SMILES string of the molecule is CS(=O)(=O)c1ccc(NCCNC(=O)Cc2ccccc2F)c([N+](=O)[O-])c1. The first-order chi connectivity index (χ1) is 12.7. The minimum atomic E-state index is -3.57. The Morgan fingerprint density at radius 3 is 2.52 bits per heavy atom. The molecule has 0 radical (unpaired) electrons. The highest BCUT2D eigenvalue weighted by Crippen LogP contribution is 2.27. The lowest BCUT2D eigenvalue weighted by molar-refractivity contribution is -0.384. The number of nitrogens with zero attached hydrogens (tertiary/aromatic N) is 1. The van der Waals surface area contributed by atoms with Gasteiger partial charge < -0.3 is 10.6 Å². The number of carbonyl (C=O) groups excluding carboxylic acids is 1. The zero-order valence-corrected chi connectivity index (χ0v) is 15.3. The fourth-order valence-electron chi connectivity index (χ4n) is 2.32. The van der Waals surface area contributed by atoms with Crippen LogP contribution in [0, 0.1) is 15.9 Å². The van der Waals surface area contributed by atoms with Gasteiger partial charge in [0.2, 0.25) is 5.91 Å². The van der Waals surface area contributed by atoms with E-state index in [-0.39, 0.29) is 47.3 Å². The summed E-state index contributed by atoms with van der Waals surface area (Å²) in [5, 5.41) is 16.5. The molecule has 0 aliphatic carbocycles. The van der Waals surface area contributed by atoms with E-state index in [2.05, 4.69) is 10.6 Å². The van der Waals surface area contributed by atoms with Gasteiger partial charge in [-0.15, -0.1) is 0 Å². The first-order valence-corrected chi connectivity index (χ1v) is 9.80. The molecule has 0 saturated carbocycles. The summed E-state index contributed by atoms with van der Waals surface area (Å²) in [6.07, 6.45) is 0.847. The fraction of sp³-hybridized carbons (Fsp3) is 0.235. The summed E-state index contributed by atoms with van der Waals surface area (Å²) in [6.45, 7) is 0.320. The van der Waals surface area contributed by atoms with Gasteiger partial charge in [-0.25, -0.2) is 12.8 Å².